The van der Waals surface area contributed by atoms with E-state index < -0.39 is 0 Å². The number of hydrogen-bond donors (Lipinski definition) is 1. The number of nitrogens with two attached hydrogens (primary N) is 1. The highest BCUT2D eigenvalue weighted by Crippen LogP contribution is 2.34. The standard InChI is InChI=1S/C17H18N2O/c1-17(2,3)13-7-5-4-6-12(13)16-19-14-9-8-11(18)10-15(14)20-16/h4-10H,18H2,1-3H3. The van der Waals surface area contributed by atoms with Gasteiger partial charge in [-0.15, -0.1) is 0 Å². The fraction of sp³-hybridized carbons (Fsp3) is 0.235. The van der Waals surface area contributed by atoms with E-state index in [1.54, 1.807) is 0 Å². The van der Waals surface area contributed by atoms with Crippen LogP contribution in [0.3, 0.4) is 0 Å². The van der Waals surface area contributed by atoms with Crippen LogP contribution in [0.1, 0.15) is 26.3 Å². The highest BCUT2D eigenvalue weighted by atomic mass is 16.3. The van der Waals surface area contributed by atoms with Gasteiger partial charge in [0.15, 0.2) is 5.58 Å². The summed E-state index contributed by atoms with van der Waals surface area (Å²) in [6.07, 6.45) is 0. The van der Waals surface area contributed by atoms with E-state index in [0.717, 1.165) is 16.7 Å². The molecule has 0 aliphatic heterocycles. The third kappa shape index (κ3) is 2.16. The first kappa shape index (κ1) is 12.7. The molecule has 3 rings (SSSR count). The Balaban J connectivity index is 2.21. The Labute approximate surface area is 118 Å². The van der Waals surface area contributed by atoms with Crippen molar-refractivity contribution < 1.29 is 4.42 Å². The lowest BCUT2D eigenvalue weighted by molar-refractivity contribution is 0.579. The summed E-state index contributed by atoms with van der Waals surface area (Å²) in [5.41, 5.74) is 10.3. The number of benzene rings is 2. The third-order valence-corrected chi connectivity index (χ3v) is 3.38. The van der Waals surface area contributed by atoms with Crippen LogP contribution < -0.4 is 5.73 Å². The summed E-state index contributed by atoms with van der Waals surface area (Å²) in [5, 5.41) is 0. The number of anilines is 1. The molecule has 102 valence electrons. The molecule has 0 fully saturated rings. The van der Waals surface area contributed by atoms with Crippen molar-refractivity contribution in [3.05, 3.63) is 48.0 Å². The quantitative estimate of drug-likeness (QED) is 0.665. The minimum absolute atomic E-state index is 0.0380. The summed E-state index contributed by atoms with van der Waals surface area (Å²) in [6.45, 7) is 6.56. The lowest BCUT2D eigenvalue weighted by Crippen LogP contribution is -2.12. The average molecular weight is 266 g/mol. The lowest BCUT2D eigenvalue weighted by Gasteiger charge is -2.21. The first-order valence-corrected chi connectivity index (χ1v) is 6.71. The molecule has 0 spiro atoms. The Hall–Kier alpha value is -2.29. The van der Waals surface area contributed by atoms with E-state index in [9.17, 15) is 0 Å². The van der Waals surface area contributed by atoms with Crippen molar-refractivity contribution in [3.8, 4) is 11.5 Å². The normalized spacial score (nSPS) is 11.9. The number of nitrogen functional groups attached to an aromatic ring is 1. The maximum absolute atomic E-state index is 5.88. The van der Waals surface area contributed by atoms with Gasteiger partial charge in [-0.2, -0.15) is 0 Å². The van der Waals surface area contributed by atoms with Gasteiger partial charge < -0.3 is 10.2 Å². The molecular weight excluding hydrogens is 248 g/mol. The molecule has 0 atom stereocenters. The van der Waals surface area contributed by atoms with E-state index >= 15 is 0 Å². The number of fused-ring (bicyclic) bond motifs is 1. The molecule has 0 radical (unpaired) electrons. The van der Waals surface area contributed by atoms with Crippen molar-refractivity contribution in [2.24, 2.45) is 0 Å². The molecule has 0 bridgehead atoms. The fourth-order valence-electron chi connectivity index (χ4n) is 2.38. The smallest absolute Gasteiger partial charge is 0.227 e. The zero-order chi connectivity index (χ0) is 14.3. The molecule has 2 aromatic carbocycles. The first-order valence-electron chi connectivity index (χ1n) is 6.71. The van der Waals surface area contributed by atoms with E-state index in [-0.39, 0.29) is 5.41 Å². The fourth-order valence-corrected chi connectivity index (χ4v) is 2.38. The Morgan fingerprint density at radius 2 is 1.80 bits per heavy atom. The molecule has 1 heterocycles. The molecule has 3 aromatic rings. The Kier molecular flexibility index (Phi) is 2.78. The van der Waals surface area contributed by atoms with Crippen LogP contribution in [0.4, 0.5) is 5.69 Å². The van der Waals surface area contributed by atoms with E-state index in [1.807, 2.05) is 30.3 Å². The van der Waals surface area contributed by atoms with Crippen LogP contribution in [0, 0.1) is 0 Å². The second kappa shape index (κ2) is 4.37. The molecular formula is C17H18N2O. The molecule has 3 nitrogen and oxygen atoms in total. The number of oxazole rings is 1. The zero-order valence-corrected chi connectivity index (χ0v) is 12.0. The lowest BCUT2D eigenvalue weighted by atomic mass is 9.84. The molecule has 3 heteroatoms. The molecule has 0 aliphatic carbocycles. The number of nitrogens with zero attached hydrogens (tertiary/aromatic N) is 1. The second-order valence-corrected chi connectivity index (χ2v) is 6.04. The molecule has 20 heavy (non-hydrogen) atoms. The SMILES string of the molecule is CC(C)(C)c1ccccc1-c1nc2ccc(N)cc2o1. The van der Waals surface area contributed by atoms with Gasteiger partial charge in [0, 0.05) is 17.3 Å². The highest BCUT2D eigenvalue weighted by molar-refractivity contribution is 5.80. The summed E-state index contributed by atoms with van der Waals surface area (Å²) in [7, 11) is 0. The van der Waals surface area contributed by atoms with Gasteiger partial charge in [0.2, 0.25) is 5.89 Å². The van der Waals surface area contributed by atoms with Crippen LogP contribution in [0.25, 0.3) is 22.6 Å². The zero-order valence-electron chi connectivity index (χ0n) is 12.0. The molecule has 0 saturated carbocycles. The Morgan fingerprint density at radius 3 is 2.55 bits per heavy atom. The van der Waals surface area contributed by atoms with Gasteiger partial charge in [-0.3, -0.25) is 0 Å². The van der Waals surface area contributed by atoms with E-state index in [0.29, 0.717) is 11.6 Å². The summed E-state index contributed by atoms with van der Waals surface area (Å²) >= 11 is 0. The summed E-state index contributed by atoms with van der Waals surface area (Å²) in [6, 6.07) is 13.8. The van der Waals surface area contributed by atoms with Crippen LogP contribution in [-0.2, 0) is 5.41 Å². The van der Waals surface area contributed by atoms with Crippen molar-refractivity contribution in [2.75, 3.05) is 5.73 Å². The van der Waals surface area contributed by atoms with E-state index in [2.05, 4.69) is 37.9 Å². The van der Waals surface area contributed by atoms with Gasteiger partial charge in [-0.25, -0.2) is 4.98 Å². The van der Waals surface area contributed by atoms with Gasteiger partial charge in [0.05, 0.1) is 0 Å². The van der Waals surface area contributed by atoms with E-state index in [4.69, 9.17) is 10.2 Å². The summed E-state index contributed by atoms with van der Waals surface area (Å²) < 4.78 is 5.88. The highest BCUT2D eigenvalue weighted by Gasteiger charge is 2.21. The van der Waals surface area contributed by atoms with Crippen molar-refractivity contribution in [3.63, 3.8) is 0 Å². The molecule has 0 saturated heterocycles. The van der Waals surface area contributed by atoms with Crippen molar-refractivity contribution in [1.29, 1.82) is 0 Å². The first-order chi connectivity index (χ1) is 9.45. The monoisotopic (exact) mass is 266 g/mol. The van der Waals surface area contributed by atoms with Crippen molar-refractivity contribution >= 4 is 16.8 Å². The predicted octanol–water partition coefficient (Wildman–Crippen LogP) is 4.37. The van der Waals surface area contributed by atoms with Gasteiger partial charge >= 0.3 is 0 Å². The third-order valence-electron chi connectivity index (χ3n) is 3.38. The molecule has 0 amide bonds. The molecule has 1 aromatic heterocycles. The topological polar surface area (TPSA) is 52.0 Å². The van der Waals surface area contributed by atoms with Gasteiger partial charge in [-0.1, -0.05) is 39.0 Å². The number of hydrogen-bond acceptors (Lipinski definition) is 3. The second-order valence-electron chi connectivity index (χ2n) is 6.04. The van der Waals surface area contributed by atoms with Crippen LogP contribution >= 0.6 is 0 Å². The van der Waals surface area contributed by atoms with Crippen molar-refractivity contribution in [1.82, 2.24) is 4.98 Å². The Bertz CT molecular complexity index is 766. The largest absolute Gasteiger partial charge is 0.436 e. The van der Waals surface area contributed by atoms with Crippen LogP contribution in [0.5, 0.6) is 0 Å². The van der Waals surface area contributed by atoms with Crippen LogP contribution in [0.15, 0.2) is 46.9 Å². The molecule has 0 aliphatic rings. The number of rotatable bonds is 1. The minimum atomic E-state index is 0.0380. The predicted molar refractivity (Wildman–Crippen MR) is 82.6 cm³/mol. The minimum Gasteiger partial charge on any atom is -0.436 e. The van der Waals surface area contributed by atoms with Crippen LogP contribution in [0.2, 0.25) is 0 Å². The van der Waals surface area contributed by atoms with Crippen LogP contribution in [-0.4, -0.2) is 4.98 Å². The summed E-state index contributed by atoms with van der Waals surface area (Å²) in [5.74, 6) is 0.649. The number of aromatic nitrogens is 1. The van der Waals surface area contributed by atoms with Gasteiger partial charge in [0.1, 0.15) is 5.52 Å². The van der Waals surface area contributed by atoms with Crippen molar-refractivity contribution in [2.45, 2.75) is 26.2 Å². The maximum atomic E-state index is 5.88. The van der Waals surface area contributed by atoms with Gasteiger partial charge in [-0.05, 0) is 29.2 Å². The Morgan fingerprint density at radius 1 is 1.05 bits per heavy atom. The maximum Gasteiger partial charge on any atom is 0.227 e. The van der Waals surface area contributed by atoms with Gasteiger partial charge in [0.25, 0.3) is 0 Å². The molecule has 2 N–H and O–H groups in total. The molecule has 0 unspecified atom stereocenters. The van der Waals surface area contributed by atoms with E-state index in [1.165, 1.54) is 5.56 Å². The summed E-state index contributed by atoms with van der Waals surface area (Å²) in [4.78, 5) is 4.58. The average Bonchev–Trinajstić information content (AvgIpc) is 2.80.